The van der Waals surface area contributed by atoms with Gasteiger partial charge in [-0.25, -0.2) is 4.79 Å². The highest BCUT2D eigenvalue weighted by Gasteiger charge is 2.35. The van der Waals surface area contributed by atoms with Gasteiger partial charge in [0.1, 0.15) is 0 Å². The average Bonchev–Trinajstić information content (AvgIpc) is 3.18. The molecular weight excluding hydrogens is 406 g/mol. The van der Waals surface area contributed by atoms with Gasteiger partial charge in [-0.05, 0) is 54.7 Å². The van der Waals surface area contributed by atoms with Gasteiger partial charge in [0.25, 0.3) is 0 Å². The van der Waals surface area contributed by atoms with Crippen molar-refractivity contribution in [3.8, 4) is 11.1 Å². The highest BCUT2D eigenvalue weighted by Crippen LogP contribution is 2.39. The van der Waals surface area contributed by atoms with Crippen LogP contribution in [0.4, 0.5) is 21.9 Å². The molecule has 7 nitrogen and oxygen atoms in total. The maximum Gasteiger partial charge on any atom is 0.411 e. The third kappa shape index (κ3) is 4.07. The standard InChI is InChI=1S/C25H29N3O4/c1-16(2)13-24(30)28-17(3)15-27(25(31)32)22-14-19(8-11-21(22)28)18-6-9-20(10-7-18)26-12-4-5-23(26)29/h6-11,14,16-17H,4-5,12-13,15H2,1-3H3,(H,31,32)/t17-/m0/s1. The van der Waals surface area contributed by atoms with E-state index in [1.165, 1.54) is 4.90 Å². The van der Waals surface area contributed by atoms with E-state index in [4.69, 9.17) is 0 Å². The summed E-state index contributed by atoms with van der Waals surface area (Å²) in [5.74, 6) is 0.367. The number of nitrogens with zero attached hydrogens (tertiary/aromatic N) is 3. The van der Waals surface area contributed by atoms with Gasteiger partial charge < -0.3 is 14.9 Å². The Balaban J connectivity index is 1.69. The molecule has 0 saturated carbocycles. The van der Waals surface area contributed by atoms with Gasteiger partial charge in [-0.15, -0.1) is 0 Å². The van der Waals surface area contributed by atoms with Gasteiger partial charge in [0.15, 0.2) is 0 Å². The summed E-state index contributed by atoms with van der Waals surface area (Å²) < 4.78 is 0. The molecule has 3 amide bonds. The van der Waals surface area contributed by atoms with Crippen molar-refractivity contribution in [1.29, 1.82) is 0 Å². The summed E-state index contributed by atoms with van der Waals surface area (Å²) in [4.78, 5) is 41.8. The molecule has 1 saturated heterocycles. The summed E-state index contributed by atoms with van der Waals surface area (Å²) in [6, 6.07) is 13.1. The fraction of sp³-hybridized carbons (Fsp3) is 0.400. The van der Waals surface area contributed by atoms with Gasteiger partial charge in [0.05, 0.1) is 17.4 Å². The Morgan fingerprint density at radius 3 is 2.34 bits per heavy atom. The largest absolute Gasteiger partial charge is 0.465 e. The van der Waals surface area contributed by atoms with Crippen molar-refractivity contribution >= 4 is 35.0 Å². The number of benzene rings is 2. The van der Waals surface area contributed by atoms with Gasteiger partial charge in [-0.2, -0.15) is 0 Å². The van der Waals surface area contributed by atoms with E-state index in [-0.39, 0.29) is 30.3 Å². The SMILES string of the molecule is CC(C)CC(=O)N1c2ccc(-c3ccc(N4CCCC4=O)cc3)cc2N(C(=O)O)C[C@@H]1C. The highest BCUT2D eigenvalue weighted by atomic mass is 16.4. The second-order valence-electron chi connectivity index (χ2n) is 9.00. The average molecular weight is 436 g/mol. The quantitative estimate of drug-likeness (QED) is 0.752. The van der Waals surface area contributed by atoms with E-state index < -0.39 is 6.09 Å². The first-order chi connectivity index (χ1) is 15.3. The summed E-state index contributed by atoms with van der Waals surface area (Å²) in [7, 11) is 0. The molecule has 4 rings (SSSR count). The summed E-state index contributed by atoms with van der Waals surface area (Å²) in [5, 5.41) is 9.80. The van der Waals surface area contributed by atoms with Crippen LogP contribution in [0.5, 0.6) is 0 Å². The number of carboxylic acid groups (broad SMARTS) is 1. The first-order valence-electron chi connectivity index (χ1n) is 11.1. The highest BCUT2D eigenvalue weighted by molar-refractivity contribution is 6.03. The molecule has 1 fully saturated rings. The van der Waals surface area contributed by atoms with Crippen molar-refractivity contribution in [1.82, 2.24) is 0 Å². The number of fused-ring (bicyclic) bond motifs is 1. The van der Waals surface area contributed by atoms with Crippen molar-refractivity contribution < 1.29 is 19.5 Å². The summed E-state index contributed by atoms with van der Waals surface area (Å²) in [6.07, 6.45) is 0.840. The Kier molecular flexibility index (Phi) is 5.91. The summed E-state index contributed by atoms with van der Waals surface area (Å²) >= 11 is 0. The second kappa shape index (κ2) is 8.65. The zero-order valence-electron chi connectivity index (χ0n) is 18.7. The Bertz CT molecular complexity index is 1050. The molecule has 0 unspecified atom stereocenters. The van der Waals surface area contributed by atoms with E-state index in [9.17, 15) is 19.5 Å². The van der Waals surface area contributed by atoms with Crippen LogP contribution < -0.4 is 14.7 Å². The lowest BCUT2D eigenvalue weighted by Crippen LogP contribution is -2.51. The van der Waals surface area contributed by atoms with Crippen LogP contribution in [0, 0.1) is 5.92 Å². The van der Waals surface area contributed by atoms with Gasteiger partial charge in [0.2, 0.25) is 11.8 Å². The molecule has 2 aliphatic rings. The topological polar surface area (TPSA) is 81.2 Å². The van der Waals surface area contributed by atoms with Gasteiger partial charge >= 0.3 is 6.09 Å². The number of hydrogen-bond donors (Lipinski definition) is 1. The maximum atomic E-state index is 12.9. The Labute approximate surface area is 188 Å². The Morgan fingerprint density at radius 2 is 1.75 bits per heavy atom. The third-order valence-electron chi connectivity index (χ3n) is 6.08. The zero-order chi connectivity index (χ0) is 23.0. The Hall–Kier alpha value is -3.35. The monoisotopic (exact) mass is 435 g/mol. The molecule has 0 aliphatic carbocycles. The number of rotatable bonds is 4. The smallest absolute Gasteiger partial charge is 0.411 e. The third-order valence-corrected chi connectivity index (χ3v) is 6.08. The number of carbonyl (C=O) groups excluding carboxylic acids is 2. The number of hydrogen-bond acceptors (Lipinski definition) is 3. The van der Waals surface area contributed by atoms with Crippen LogP contribution in [0.1, 0.15) is 40.0 Å². The van der Waals surface area contributed by atoms with Gasteiger partial charge in [-0.3, -0.25) is 14.5 Å². The molecule has 32 heavy (non-hydrogen) atoms. The molecule has 168 valence electrons. The number of carbonyl (C=O) groups is 3. The first kappa shape index (κ1) is 21.9. The zero-order valence-corrected chi connectivity index (χ0v) is 18.7. The van der Waals surface area contributed by atoms with Crippen molar-refractivity contribution in [3.05, 3.63) is 42.5 Å². The van der Waals surface area contributed by atoms with E-state index in [1.54, 1.807) is 9.80 Å². The summed E-state index contributed by atoms with van der Waals surface area (Å²) in [6.45, 7) is 6.84. The lowest BCUT2D eigenvalue weighted by atomic mass is 9.99. The fourth-order valence-electron chi connectivity index (χ4n) is 4.57. The molecule has 0 spiro atoms. The van der Waals surface area contributed by atoms with Crippen LogP contribution in [0.3, 0.4) is 0 Å². The van der Waals surface area contributed by atoms with Crippen molar-refractivity contribution in [2.75, 3.05) is 27.8 Å². The molecule has 2 heterocycles. The normalized spacial score (nSPS) is 18.3. The predicted octanol–water partition coefficient (Wildman–Crippen LogP) is 4.75. The molecule has 1 atom stereocenters. The number of anilines is 3. The van der Waals surface area contributed by atoms with Crippen LogP contribution in [-0.4, -0.2) is 42.1 Å². The molecule has 2 aromatic rings. The fourth-order valence-corrected chi connectivity index (χ4v) is 4.57. The lowest BCUT2D eigenvalue weighted by Gasteiger charge is -2.40. The minimum Gasteiger partial charge on any atom is -0.465 e. The van der Waals surface area contributed by atoms with Crippen LogP contribution in [0.25, 0.3) is 11.1 Å². The van der Waals surface area contributed by atoms with Gasteiger partial charge in [0, 0.05) is 31.6 Å². The minimum absolute atomic E-state index is 0.00571. The predicted molar refractivity (Wildman–Crippen MR) is 125 cm³/mol. The molecular formula is C25H29N3O4. The minimum atomic E-state index is -1.03. The molecule has 2 aromatic carbocycles. The van der Waals surface area contributed by atoms with E-state index in [1.807, 2.05) is 63.2 Å². The van der Waals surface area contributed by atoms with Crippen LogP contribution in [0.2, 0.25) is 0 Å². The summed E-state index contributed by atoms with van der Waals surface area (Å²) in [5.41, 5.74) is 3.80. The maximum absolute atomic E-state index is 12.9. The van der Waals surface area contributed by atoms with E-state index in [0.29, 0.717) is 24.2 Å². The van der Waals surface area contributed by atoms with E-state index in [2.05, 4.69) is 0 Å². The number of amides is 3. The van der Waals surface area contributed by atoms with Crippen molar-refractivity contribution in [3.63, 3.8) is 0 Å². The second-order valence-corrected chi connectivity index (χ2v) is 9.00. The van der Waals surface area contributed by atoms with Crippen LogP contribution in [0.15, 0.2) is 42.5 Å². The van der Waals surface area contributed by atoms with Crippen LogP contribution in [-0.2, 0) is 9.59 Å². The molecule has 0 bridgehead atoms. The van der Waals surface area contributed by atoms with Crippen molar-refractivity contribution in [2.24, 2.45) is 5.92 Å². The molecule has 0 aromatic heterocycles. The van der Waals surface area contributed by atoms with E-state index in [0.717, 1.165) is 29.8 Å². The Morgan fingerprint density at radius 1 is 1.06 bits per heavy atom. The van der Waals surface area contributed by atoms with Crippen LogP contribution >= 0.6 is 0 Å². The van der Waals surface area contributed by atoms with Gasteiger partial charge in [-0.1, -0.05) is 32.0 Å². The van der Waals surface area contributed by atoms with E-state index >= 15 is 0 Å². The van der Waals surface area contributed by atoms with Crippen molar-refractivity contribution in [2.45, 2.75) is 46.1 Å². The molecule has 2 aliphatic heterocycles. The lowest BCUT2D eigenvalue weighted by molar-refractivity contribution is -0.120. The molecule has 7 heteroatoms. The first-order valence-corrected chi connectivity index (χ1v) is 11.1. The molecule has 0 radical (unpaired) electrons. The molecule has 1 N–H and O–H groups in total.